The van der Waals surface area contributed by atoms with Gasteiger partial charge in [0.25, 0.3) is 5.91 Å². The van der Waals surface area contributed by atoms with E-state index in [4.69, 9.17) is 0 Å². The van der Waals surface area contributed by atoms with Gasteiger partial charge in [-0.1, -0.05) is 25.1 Å². The molecule has 0 aliphatic rings. The van der Waals surface area contributed by atoms with Gasteiger partial charge >= 0.3 is 6.18 Å². The Morgan fingerprint density at radius 1 is 1.23 bits per heavy atom. The first-order valence-electron chi connectivity index (χ1n) is 6.76. The summed E-state index contributed by atoms with van der Waals surface area (Å²) in [5.74, 6) is -0.481. The average molecular weight is 308 g/mol. The summed E-state index contributed by atoms with van der Waals surface area (Å²) in [5, 5.41) is 2.74. The van der Waals surface area contributed by atoms with E-state index in [1.54, 1.807) is 0 Å². The lowest BCUT2D eigenvalue weighted by Crippen LogP contribution is -2.16. The number of aromatic nitrogens is 1. The fourth-order valence-electron chi connectivity index (χ4n) is 2.08. The zero-order valence-electron chi connectivity index (χ0n) is 12.2. The lowest BCUT2D eigenvalue weighted by atomic mass is 10.1. The molecule has 22 heavy (non-hydrogen) atoms. The van der Waals surface area contributed by atoms with E-state index in [1.807, 2.05) is 32.0 Å². The smallest absolute Gasteiger partial charge is 0.321 e. The number of amides is 1. The Morgan fingerprint density at radius 2 is 1.95 bits per heavy atom. The van der Waals surface area contributed by atoms with Crippen LogP contribution in [0.2, 0.25) is 0 Å². The summed E-state index contributed by atoms with van der Waals surface area (Å²) in [7, 11) is 0. The van der Waals surface area contributed by atoms with Gasteiger partial charge in [-0.2, -0.15) is 13.2 Å². The lowest BCUT2D eigenvalue weighted by Gasteiger charge is -2.13. The van der Waals surface area contributed by atoms with Gasteiger partial charge in [-0.3, -0.25) is 9.78 Å². The van der Waals surface area contributed by atoms with Crippen molar-refractivity contribution < 1.29 is 18.0 Å². The minimum atomic E-state index is -4.51. The summed E-state index contributed by atoms with van der Waals surface area (Å²) in [6.45, 7) is 3.82. The molecule has 116 valence electrons. The van der Waals surface area contributed by atoms with Crippen molar-refractivity contribution in [3.8, 4) is 0 Å². The first-order chi connectivity index (χ1) is 10.3. The van der Waals surface area contributed by atoms with Gasteiger partial charge in [0.05, 0.1) is 5.56 Å². The van der Waals surface area contributed by atoms with Crippen LogP contribution in [0.15, 0.2) is 36.5 Å². The number of para-hydroxylation sites is 1. The zero-order valence-corrected chi connectivity index (χ0v) is 12.2. The van der Waals surface area contributed by atoms with Gasteiger partial charge in [0.2, 0.25) is 0 Å². The highest BCUT2D eigenvalue weighted by Gasteiger charge is 2.32. The Bertz CT molecular complexity index is 679. The van der Waals surface area contributed by atoms with E-state index in [2.05, 4.69) is 10.3 Å². The second-order valence-corrected chi connectivity index (χ2v) is 4.85. The van der Waals surface area contributed by atoms with Crippen molar-refractivity contribution >= 4 is 11.6 Å². The summed E-state index contributed by atoms with van der Waals surface area (Å²) in [4.78, 5) is 15.5. The van der Waals surface area contributed by atoms with E-state index in [0.29, 0.717) is 5.69 Å². The molecule has 0 bridgehead atoms. The summed E-state index contributed by atoms with van der Waals surface area (Å²) >= 11 is 0. The number of nitrogens with zero attached hydrogens (tertiary/aromatic N) is 1. The number of nitrogens with one attached hydrogen (secondary N) is 1. The van der Waals surface area contributed by atoms with Crippen molar-refractivity contribution in [2.24, 2.45) is 0 Å². The number of halogens is 3. The topological polar surface area (TPSA) is 42.0 Å². The molecule has 0 saturated carbocycles. The molecule has 1 aromatic carbocycles. The molecular formula is C16H15F3N2O. The fraction of sp³-hybridized carbons (Fsp3) is 0.250. The van der Waals surface area contributed by atoms with Gasteiger partial charge in [-0.15, -0.1) is 0 Å². The van der Waals surface area contributed by atoms with Crippen LogP contribution in [0.1, 0.15) is 34.1 Å². The second kappa shape index (κ2) is 6.17. The number of hydrogen-bond donors (Lipinski definition) is 1. The Morgan fingerprint density at radius 3 is 2.50 bits per heavy atom. The summed E-state index contributed by atoms with van der Waals surface area (Å²) in [6, 6.07) is 7.57. The molecular weight excluding hydrogens is 293 g/mol. The molecule has 2 aromatic rings. The number of rotatable bonds is 3. The number of alkyl halides is 3. The number of carbonyl (C=O) groups excluding carboxylic acids is 1. The van der Waals surface area contributed by atoms with Crippen LogP contribution in [0.25, 0.3) is 0 Å². The maximum atomic E-state index is 12.5. The Kier molecular flexibility index (Phi) is 4.49. The molecule has 0 fully saturated rings. The number of hydrogen-bond acceptors (Lipinski definition) is 2. The Balaban J connectivity index is 2.23. The molecule has 0 atom stereocenters. The minimum absolute atomic E-state index is 0.0818. The van der Waals surface area contributed by atoms with Crippen molar-refractivity contribution in [2.75, 3.05) is 5.32 Å². The first-order valence-corrected chi connectivity index (χ1v) is 6.76. The van der Waals surface area contributed by atoms with Crippen LogP contribution in [-0.2, 0) is 12.6 Å². The highest BCUT2D eigenvalue weighted by atomic mass is 19.4. The number of benzene rings is 1. The van der Waals surface area contributed by atoms with Gasteiger partial charge in [-0.25, -0.2) is 0 Å². The van der Waals surface area contributed by atoms with Gasteiger partial charge in [0.1, 0.15) is 5.69 Å². The summed E-state index contributed by atoms with van der Waals surface area (Å²) in [6.07, 6.45) is -2.84. The van der Waals surface area contributed by atoms with E-state index in [-0.39, 0.29) is 5.56 Å². The molecule has 1 heterocycles. The molecule has 0 unspecified atom stereocenters. The predicted molar refractivity (Wildman–Crippen MR) is 77.7 cm³/mol. The molecule has 1 N–H and O–H groups in total. The molecule has 0 spiro atoms. The van der Waals surface area contributed by atoms with Crippen LogP contribution in [0, 0.1) is 6.92 Å². The molecule has 2 rings (SSSR count). The van der Waals surface area contributed by atoms with Crippen molar-refractivity contribution in [3.05, 3.63) is 58.9 Å². The molecule has 0 aliphatic heterocycles. The molecule has 1 amide bonds. The van der Waals surface area contributed by atoms with Crippen LogP contribution in [0.4, 0.5) is 18.9 Å². The van der Waals surface area contributed by atoms with E-state index in [9.17, 15) is 18.0 Å². The van der Waals surface area contributed by atoms with Crippen LogP contribution in [0.5, 0.6) is 0 Å². The third-order valence-corrected chi connectivity index (χ3v) is 3.29. The van der Waals surface area contributed by atoms with Crippen molar-refractivity contribution in [3.63, 3.8) is 0 Å². The van der Waals surface area contributed by atoms with Gasteiger partial charge in [0.15, 0.2) is 0 Å². The number of aryl methyl sites for hydroxylation is 2. The summed E-state index contributed by atoms with van der Waals surface area (Å²) in [5.41, 5.74) is 1.61. The largest absolute Gasteiger partial charge is 0.433 e. The number of carbonyl (C=O) groups is 1. The predicted octanol–water partition coefficient (Wildman–Crippen LogP) is 4.22. The molecule has 3 nitrogen and oxygen atoms in total. The van der Waals surface area contributed by atoms with Gasteiger partial charge in [0, 0.05) is 11.9 Å². The van der Waals surface area contributed by atoms with Crippen molar-refractivity contribution in [2.45, 2.75) is 26.4 Å². The lowest BCUT2D eigenvalue weighted by molar-refractivity contribution is -0.141. The number of anilines is 1. The van der Waals surface area contributed by atoms with Crippen molar-refractivity contribution in [1.82, 2.24) is 4.98 Å². The standard InChI is InChI=1S/C16H15F3N2O/c1-3-11-6-4-5-10(2)14(11)21-15(22)12-7-8-13(20-9-12)16(17,18)19/h4-9H,3H2,1-2H3,(H,21,22). The average Bonchev–Trinajstić information content (AvgIpc) is 2.48. The molecule has 0 aliphatic carbocycles. The number of pyridine rings is 1. The van der Waals surface area contributed by atoms with E-state index >= 15 is 0 Å². The monoisotopic (exact) mass is 308 g/mol. The Hall–Kier alpha value is -2.37. The SMILES string of the molecule is CCc1cccc(C)c1NC(=O)c1ccc(C(F)(F)F)nc1. The second-order valence-electron chi connectivity index (χ2n) is 4.85. The van der Waals surface area contributed by atoms with E-state index in [1.165, 1.54) is 0 Å². The first kappa shape index (κ1) is 16.0. The van der Waals surface area contributed by atoms with Crippen LogP contribution in [-0.4, -0.2) is 10.9 Å². The van der Waals surface area contributed by atoms with Gasteiger partial charge in [-0.05, 0) is 36.6 Å². The zero-order chi connectivity index (χ0) is 16.3. The third kappa shape index (κ3) is 3.44. The highest BCUT2D eigenvalue weighted by Crippen LogP contribution is 2.27. The molecule has 0 radical (unpaired) electrons. The van der Waals surface area contributed by atoms with E-state index < -0.39 is 17.8 Å². The van der Waals surface area contributed by atoms with Crippen LogP contribution < -0.4 is 5.32 Å². The quantitative estimate of drug-likeness (QED) is 0.922. The van der Waals surface area contributed by atoms with Crippen molar-refractivity contribution in [1.29, 1.82) is 0 Å². The molecule has 6 heteroatoms. The normalized spacial score (nSPS) is 11.3. The maximum Gasteiger partial charge on any atom is 0.433 e. The maximum absolute atomic E-state index is 12.5. The molecule has 1 aromatic heterocycles. The molecule has 0 saturated heterocycles. The summed E-state index contributed by atoms with van der Waals surface area (Å²) < 4.78 is 37.4. The van der Waals surface area contributed by atoms with Gasteiger partial charge < -0.3 is 5.32 Å². The Labute approximate surface area is 126 Å². The fourth-order valence-corrected chi connectivity index (χ4v) is 2.08. The van der Waals surface area contributed by atoms with Crippen LogP contribution in [0.3, 0.4) is 0 Å². The highest BCUT2D eigenvalue weighted by molar-refractivity contribution is 6.04. The third-order valence-electron chi connectivity index (χ3n) is 3.29. The van der Waals surface area contributed by atoms with E-state index in [0.717, 1.165) is 35.9 Å². The minimum Gasteiger partial charge on any atom is -0.321 e. The van der Waals surface area contributed by atoms with Crippen LogP contribution >= 0.6 is 0 Å².